The minimum absolute atomic E-state index is 0.890. The van der Waals surface area contributed by atoms with Crippen molar-refractivity contribution in [3.8, 4) is 0 Å². The van der Waals surface area contributed by atoms with Crippen LogP contribution in [0.4, 0.5) is 0 Å². The third-order valence-corrected chi connectivity index (χ3v) is 3.67. The van der Waals surface area contributed by atoms with Crippen LogP contribution in [-0.2, 0) is 0 Å². The van der Waals surface area contributed by atoms with Gasteiger partial charge in [-0.3, -0.25) is 0 Å². The highest BCUT2D eigenvalue weighted by atomic mass is 14.8. The lowest BCUT2D eigenvalue weighted by Crippen LogP contribution is -2.14. The summed E-state index contributed by atoms with van der Waals surface area (Å²) in [6, 6.07) is 0. The maximum absolute atomic E-state index is 3.70. The second-order valence-electron chi connectivity index (χ2n) is 6.21. The van der Waals surface area contributed by atoms with Crippen LogP contribution in [0, 0.1) is 5.92 Å². The molecule has 0 fully saturated rings. The second kappa shape index (κ2) is 15.8. The molecule has 0 aliphatic rings. The van der Waals surface area contributed by atoms with Gasteiger partial charge in [-0.05, 0) is 18.9 Å². The summed E-state index contributed by atoms with van der Waals surface area (Å²) in [5, 5.41) is 3.36. The Hall–Kier alpha value is -0.300. The van der Waals surface area contributed by atoms with Crippen LogP contribution in [0.3, 0.4) is 0 Å². The van der Waals surface area contributed by atoms with E-state index >= 15 is 0 Å². The van der Waals surface area contributed by atoms with Gasteiger partial charge in [0.05, 0.1) is 0 Å². The van der Waals surface area contributed by atoms with E-state index in [2.05, 4.69) is 25.7 Å². The molecule has 0 unspecified atom stereocenters. The minimum atomic E-state index is 0.890. The molecule has 0 aromatic heterocycles. The first-order valence-electron chi connectivity index (χ1n) is 8.59. The van der Waals surface area contributed by atoms with Gasteiger partial charge in [-0.25, -0.2) is 0 Å². The standard InChI is InChI=1S/C18H37N/c1-4-16-19-17-14-12-10-8-6-5-7-9-11-13-15-18(2)3/h4,18-19H,1,5-17H2,2-3H3. The molecule has 0 radical (unpaired) electrons. The molecule has 0 aromatic carbocycles. The van der Waals surface area contributed by atoms with E-state index in [1.54, 1.807) is 0 Å². The van der Waals surface area contributed by atoms with Crippen molar-refractivity contribution in [2.45, 2.75) is 84.5 Å². The fraction of sp³-hybridized carbons (Fsp3) is 0.889. The summed E-state index contributed by atoms with van der Waals surface area (Å²) in [6.07, 6.45) is 17.6. The van der Waals surface area contributed by atoms with Crippen LogP contribution in [0.5, 0.6) is 0 Å². The van der Waals surface area contributed by atoms with Gasteiger partial charge >= 0.3 is 0 Å². The Bertz CT molecular complexity index is 175. The lowest BCUT2D eigenvalue weighted by atomic mass is 10.0. The van der Waals surface area contributed by atoms with Crippen LogP contribution in [0.1, 0.15) is 84.5 Å². The molecule has 1 heteroatoms. The third-order valence-electron chi connectivity index (χ3n) is 3.67. The number of hydrogen-bond acceptors (Lipinski definition) is 1. The molecule has 0 rings (SSSR count). The Morgan fingerprint density at radius 1 is 0.789 bits per heavy atom. The van der Waals surface area contributed by atoms with Crippen molar-refractivity contribution in [3.05, 3.63) is 12.7 Å². The van der Waals surface area contributed by atoms with Crippen molar-refractivity contribution < 1.29 is 0 Å². The molecular formula is C18H37N. The van der Waals surface area contributed by atoms with Gasteiger partial charge in [0.15, 0.2) is 0 Å². The average molecular weight is 268 g/mol. The van der Waals surface area contributed by atoms with Crippen molar-refractivity contribution in [1.29, 1.82) is 0 Å². The van der Waals surface area contributed by atoms with Crippen LogP contribution < -0.4 is 5.32 Å². The first-order chi connectivity index (χ1) is 9.27. The van der Waals surface area contributed by atoms with Gasteiger partial charge in [0, 0.05) is 6.54 Å². The average Bonchev–Trinajstić information content (AvgIpc) is 2.39. The van der Waals surface area contributed by atoms with Gasteiger partial charge < -0.3 is 5.32 Å². The highest BCUT2D eigenvalue weighted by Crippen LogP contribution is 2.13. The normalized spacial score (nSPS) is 11.1. The fourth-order valence-corrected chi connectivity index (χ4v) is 2.42. The van der Waals surface area contributed by atoms with E-state index in [1.807, 2.05) is 6.08 Å². The zero-order chi connectivity index (χ0) is 14.2. The van der Waals surface area contributed by atoms with E-state index in [1.165, 1.54) is 70.6 Å². The summed E-state index contributed by atoms with van der Waals surface area (Å²) in [6.45, 7) is 10.5. The number of rotatable bonds is 15. The van der Waals surface area contributed by atoms with E-state index in [0.717, 1.165) is 19.0 Å². The maximum atomic E-state index is 3.70. The lowest BCUT2D eigenvalue weighted by Gasteiger charge is -2.05. The van der Waals surface area contributed by atoms with Gasteiger partial charge in [0.2, 0.25) is 0 Å². The highest BCUT2D eigenvalue weighted by molar-refractivity contribution is 4.69. The van der Waals surface area contributed by atoms with Crippen molar-refractivity contribution in [1.82, 2.24) is 5.32 Å². The molecule has 0 aromatic rings. The molecule has 0 spiro atoms. The van der Waals surface area contributed by atoms with Gasteiger partial charge in [-0.1, -0.05) is 84.1 Å². The fourth-order valence-electron chi connectivity index (χ4n) is 2.42. The van der Waals surface area contributed by atoms with Crippen molar-refractivity contribution >= 4 is 0 Å². The second-order valence-corrected chi connectivity index (χ2v) is 6.21. The number of nitrogens with one attached hydrogen (secondary N) is 1. The van der Waals surface area contributed by atoms with Crippen molar-refractivity contribution in [3.63, 3.8) is 0 Å². The minimum Gasteiger partial charge on any atom is -0.313 e. The van der Waals surface area contributed by atoms with Crippen LogP contribution >= 0.6 is 0 Å². The molecule has 114 valence electrons. The van der Waals surface area contributed by atoms with Gasteiger partial charge in [-0.2, -0.15) is 0 Å². The molecule has 19 heavy (non-hydrogen) atoms. The molecule has 1 N–H and O–H groups in total. The summed E-state index contributed by atoms with van der Waals surface area (Å²) in [5.74, 6) is 0.890. The molecule has 0 bridgehead atoms. The Kier molecular flexibility index (Phi) is 15.5. The summed E-state index contributed by atoms with van der Waals surface area (Å²) in [4.78, 5) is 0. The smallest absolute Gasteiger partial charge is 0.0132 e. The molecule has 0 amide bonds. The molecule has 0 heterocycles. The topological polar surface area (TPSA) is 12.0 Å². The highest BCUT2D eigenvalue weighted by Gasteiger charge is 1.95. The first-order valence-corrected chi connectivity index (χ1v) is 8.59. The maximum Gasteiger partial charge on any atom is 0.0132 e. The third kappa shape index (κ3) is 17.7. The van der Waals surface area contributed by atoms with E-state index in [4.69, 9.17) is 0 Å². The zero-order valence-electron chi connectivity index (χ0n) is 13.6. The predicted octanol–water partition coefficient (Wildman–Crippen LogP) is 5.71. The predicted molar refractivity (Wildman–Crippen MR) is 88.7 cm³/mol. The molecule has 1 nitrogen and oxygen atoms in total. The van der Waals surface area contributed by atoms with Crippen molar-refractivity contribution in [2.75, 3.05) is 13.1 Å². The van der Waals surface area contributed by atoms with E-state index < -0.39 is 0 Å². The van der Waals surface area contributed by atoms with Crippen molar-refractivity contribution in [2.24, 2.45) is 5.92 Å². The molecule has 0 saturated carbocycles. The summed E-state index contributed by atoms with van der Waals surface area (Å²) in [5.41, 5.74) is 0. The van der Waals surface area contributed by atoms with E-state index in [-0.39, 0.29) is 0 Å². The van der Waals surface area contributed by atoms with Crippen LogP contribution in [-0.4, -0.2) is 13.1 Å². The SMILES string of the molecule is C=CCNCCCCCCCCCCCCC(C)C. The molecule has 0 saturated heterocycles. The monoisotopic (exact) mass is 267 g/mol. The van der Waals surface area contributed by atoms with E-state index in [0.29, 0.717) is 0 Å². The summed E-state index contributed by atoms with van der Waals surface area (Å²) < 4.78 is 0. The Balaban J connectivity index is 2.93. The summed E-state index contributed by atoms with van der Waals surface area (Å²) >= 11 is 0. The van der Waals surface area contributed by atoms with Gasteiger partial charge in [-0.15, -0.1) is 6.58 Å². The van der Waals surface area contributed by atoms with Gasteiger partial charge in [0.1, 0.15) is 0 Å². The van der Waals surface area contributed by atoms with Crippen LogP contribution in [0.2, 0.25) is 0 Å². The Labute approximate surface area is 122 Å². The van der Waals surface area contributed by atoms with E-state index in [9.17, 15) is 0 Å². The molecular weight excluding hydrogens is 230 g/mol. The molecule has 0 aliphatic carbocycles. The molecule has 0 atom stereocenters. The Morgan fingerprint density at radius 2 is 1.26 bits per heavy atom. The molecule has 0 aliphatic heterocycles. The first kappa shape index (κ1) is 18.7. The number of hydrogen-bond donors (Lipinski definition) is 1. The quantitative estimate of drug-likeness (QED) is 0.296. The van der Waals surface area contributed by atoms with Gasteiger partial charge in [0.25, 0.3) is 0 Å². The van der Waals surface area contributed by atoms with Crippen LogP contribution in [0.25, 0.3) is 0 Å². The lowest BCUT2D eigenvalue weighted by molar-refractivity contribution is 0.504. The summed E-state index contributed by atoms with van der Waals surface area (Å²) in [7, 11) is 0. The Morgan fingerprint density at radius 3 is 1.74 bits per heavy atom. The zero-order valence-corrected chi connectivity index (χ0v) is 13.6. The number of unbranched alkanes of at least 4 members (excludes halogenated alkanes) is 9. The largest absolute Gasteiger partial charge is 0.313 e. The van der Waals surface area contributed by atoms with Crippen LogP contribution in [0.15, 0.2) is 12.7 Å².